The van der Waals surface area contributed by atoms with Gasteiger partial charge < -0.3 is 5.73 Å². The number of carbonyl (C=O) groups is 1. The van der Waals surface area contributed by atoms with Crippen LogP contribution < -0.4 is 5.73 Å². The molecular formula is C8H4IN3O3. The van der Waals surface area contributed by atoms with Gasteiger partial charge in [-0.2, -0.15) is 5.26 Å². The Morgan fingerprint density at radius 3 is 2.60 bits per heavy atom. The first-order chi connectivity index (χ1) is 6.99. The van der Waals surface area contributed by atoms with Crippen molar-refractivity contribution >= 4 is 34.2 Å². The fourth-order valence-corrected chi connectivity index (χ4v) is 1.82. The molecule has 0 fully saturated rings. The van der Waals surface area contributed by atoms with E-state index < -0.39 is 16.5 Å². The first-order valence-electron chi connectivity index (χ1n) is 3.65. The Morgan fingerprint density at radius 1 is 1.60 bits per heavy atom. The first kappa shape index (κ1) is 11.4. The summed E-state index contributed by atoms with van der Waals surface area (Å²) in [5.74, 6) is -0.885. The van der Waals surface area contributed by atoms with Gasteiger partial charge in [-0.05, 0) is 34.7 Å². The van der Waals surface area contributed by atoms with Crippen LogP contribution in [0.3, 0.4) is 0 Å². The third kappa shape index (κ3) is 2.04. The van der Waals surface area contributed by atoms with Crippen LogP contribution in [-0.2, 0) is 0 Å². The van der Waals surface area contributed by atoms with E-state index in [1.807, 2.05) is 0 Å². The number of nitriles is 1. The molecule has 0 saturated carbocycles. The zero-order chi connectivity index (χ0) is 11.6. The monoisotopic (exact) mass is 317 g/mol. The summed E-state index contributed by atoms with van der Waals surface area (Å²) >= 11 is 1.64. The van der Waals surface area contributed by atoms with Gasteiger partial charge in [0.25, 0.3) is 11.6 Å². The standard InChI is InChI=1S/C8H4IN3O3/c9-6-4(3-10)1-2-5(8(11)13)7(6)12(14)15/h1-2H,(H2,11,13). The molecule has 7 heteroatoms. The third-order valence-corrected chi connectivity index (χ3v) is 2.78. The van der Waals surface area contributed by atoms with Crippen LogP contribution in [0.5, 0.6) is 0 Å². The minimum absolute atomic E-state index is 0.122. The molecule has 15 heavy (non-hydrogen) atoms. The van der Waals surface area contributed by atoms with E-state index in [0.717, 1.165) is 0 Å². The number of hydrogen-bond acceptors (Lipinski definition) is 4. The highest BCUT2D eigenvalue weighted by molar-refractivity contribution is 14.1. The molecule has 1 aromatic rings. The number of halogens is 1. The molecule has 0 aliphatic carbocycles. The van der Waals surface area contributed by atoms with Crippen molar-refractivity contribution in [2.75, 3.05) is 0 Å². The maximum Gasteiger partial charge on any atom is 0.296 e. The summed E-state index contributed by atoms with van der Waals surface area (Å²) in [5, 5.41) is 19.4. The molecule has 1 rings (SSSR count). The zero-order valence-corrected chi connectivity index (χ0v) is 9.39. The summed E-state index contributed by atoms with van der Waals surface area (Å²) in [6.07, 6.45) is 0. The largest absolute Gasteiger partial charge is 0.365 e. The van der Waals surface area contributed by atoms with Gasteiger partial charge in [-0.15, -0.1) is 0 Å². The van der Waals surface area contributed by atoms with Crippen molar-refractivity contribution in [3.05, 3.63) is 36.9 Å². The summed E-state index contributed by atoms with van der Waals surface area (Å²) < 4.78 is 0.122. The van der Waals surface area contributed by atoms with E-state index in [2.05, 4.69) is 0 Å². The van der Waals surface area contributed by atoms with Gasteiger partial charge in [0.2, 0.25) is 0 Å². The maximum absolute atomic E-state index is 10.9. The molecule has 0 atom stereocenters. The van der Waals surface area contributed by atoms with Crippen LogP contribution in [0.1, 0.15) is 15.9 Å². The molecule has 0 saturated heterocycles. The Hall–Kier alpha value is -1.69. The second-order valence-corrected chi connectivity index (χ2v) is 3.64. The van der Waals surface area contributed by atoms with Crippen LogP contribution in [0.4, 0.5) is 5.69 Å². The molecule has 0 unspecified atom stereocenters. The van der Waals surface area contributed by atoms with Gasteiger partial charge in [0, 0.05) is 0 Å². The number of nitrogens with two attached hydrogens (primary N) is 1. The molecule has 0 heterocycles. The van der Waals surface area contributed by atoms with Crippen LogP contribution in [-0.4, -0.2) is 10.8 Å². The molecule has 0 aromatic heterocycles. The van der Waals surface area contributed by atoms with Crippen molar-refractivity contribution in [3.63, 3.8) is 0 Å². The van der Waals surface area contributed by atoms with E-state index in [-0.39, 0.29) is 14.7 Å². The predicted molar refractivity (Wildman–Crippen MR) is 59.0 cm³/mol. The van der Waals surface area contributed by atoms with Gasteiger partial charge in [0.05, 0.1) is 10.5 Å². The summed E-state index contributed by atoms with van der Waals surface area (Å²) in [6, 6.07) is 4.30. The van der Waals surface area contributed by atoms with Gasteiger partial charge in [0.15, 0.2) is 0 Å². The van der Waals surface area contributed by atoms with Crippen LogP contribution in [0.2, 0.25) is 0 Å². The number of carbonyl (C=O) groups excluding carboxylic acids is 1. The minimum atomic E-state index is -0.885. The molecule has 2 N–H and O–H groups in total. The topological polar surface area (TPSA) is 110 Å². The number of primary amides is 1. The van der Waals surface area contributed by atoms with Crippen molar-refractivity contribution in [1.29, 1.82) is 5.26 Å². The smallest absolute Gasteiger partial charge is 0.296 e. The number of benzene rings is 1. The molecule has 0 bridgehead atoms. The molecule has 1 amide bonds. The minimum Gasteiger partial charge on any atom is -0.365 e. The third-order valence-electron chi connectivity index (χ3n) is 1.68. The fourth-order valence-electron chi connectivity index (χ4n) is 1.03. The summed E-state index contributed by atoms with van der Waals surface area (Å²) in [4.78, 5) is 20.9. The van der Waals surface area contributed by atoms with E-state index in [1.165, 1.54) is 12.1 Å². The highest BCUT2D eigenvalue weighted by atomic mass is 127. The van der Waals surface area contributed by atoms with Gasteiger partial charge in [-0.1, -0.05) is 0 Å². The van der Waals surface area contributed by atoms with Crippen molar-refractivity contribution in [2.24, 2.45) is 5.73 Å². The lowest BCUT2D eigenvalue weighted by molar-refractivity contribution is -0.386. The van der Waals surface area contributed by atoms with Gasteiger partial charge >= 0.3 is 0 Å². The predicted octanol–water partition coefficient (Wildman–Crippen LogP) is 1.17. The molecule has 0 spiro atoms. The first-order valence-corrected chi connectivity index (χ1v) is 4.73. The zero-order valence-electron chi connectivity index (χ0n) is 7.23. The normalized spacial score (nSPS) is 9.33. The second kappa shape index (κ2) is 4.22. The van der Waals surface area contributed by atoms with Crippen LogP contribution in [0, 0.1) is 25.0 Å². The number of hydrogen-bond donors (Lipinski definition) is 1. The van der Waals surface area contributed by atoms with Crippen LogP contribution in [0.25, 0.3) is 0 Å². The average molecular weight is 317 g/mol. The molecule has 6 nitrogen and oxygen atoms in total. The number of nitro benzene ring substituents is 1. The second-order valence-electron chi connectivity index (χ2n) is 2.56. The van der Waals surface area contributed by atoms with E-state index in [4.69, 9.17) is 11.0 Å². The van der Waals surface area contributed by atoms with Crippen LogP contribution in [0.15, 0.2) is 12.1 Å². The van der Waals surface area contributed by atoms with E-state index in [0.29, 0.717) is 0 Å². The van der Waals surface area contributed by atoms with E-state index in [1.54, 1.807) is 28.7 Å². The lowest BCUT2D eigenvalue weighted by Gasteiger charge is -2.01. The molecule has 0 aliphatic rings. The average Bonchev–Trinajstić information content (AvgIpc) is 2.16. The molecule has 1 aromatic carbocycles. The van der Waals surface area contributed by atoms with Crippen molar-refractivity contribution in [3.8, 4) is 6.07 Å². The lowest BCUT2D eigenvalue weighted by atomic mass is 10.1. The maximum atomic E-state index is 10.9. The quantitative estimate of drug-likeness (QED) is 0.501. The Balaban J connectivity index is 3.60. The highest BCUT2D eigenvalue weighted by Crippen LogP contribution is 2.27. The Kier molecular flexibility index (Phi) is 3.21. The van der Waals surface area contributed by atoms with E-state index >= 15 is 0 Å². The number of amides is 1. The highest BCUT2D eigenvalue weighted by Gasteiger charge is 2.24. The van der Waals surface area contributed by atoms with Crippen molar-refractivity contribution < 1.29 is 9.72 Å². The fraction of sp³-hybridized carbons (Fsp3) is 0. The number of rotatable bonds is 2. The molecular weight excluding hydrogens is 313 g/mol. The number of nitro groups is 1. The Morgan fingerprint density at radius 2 is 2.20 bits per heavy atom. The molecule has 0 radical (unpaired) electrons. The van der Waals surface area contributed by atoms with Crippen LogP contribution >= 0.6 is 22.6 Å². The lowest BCUT2D eigenvalue weighted by Crippen LogP contribution is -2.14. The molecule has 76 valence electrons. The van der Waals surface area contributed by atoms with Crippen molar-refractivity contribution in [1.82, 2.24) is 0 Å². The van der Waals surface area contributed by atoms with E-state index in [9.17, 15) is 14.9 Å². The Bertz CT molecular complexity index is 493. The molecule has 0 aliphatic heterocycles. The van der Waals surface area contributed by atoms with Gasteiger partial charge in [-0.25, -0.2) is 0 Å². The van der Waals surface area contributed by atoms with Gasteiger partial charge in [0.1, 0.15) is 15.2 Å². The van der Waals surface area contributed by atoms with Gasteiger partial charge in [-0.3, -0.25) is 14.9 Å². The summed E-state index contributed by atoms with van der Waals surface area (Å²) in [7, 11) is 0. The number of nitrogens with zero attached hydrogens (tertiary/aromatic N) is 2. The summed E-state index contributed by atoms with van der Waals surface area (Å²) in [6.45, 7) is 0. The Labute approximate surface area is 98.0 Å². The van der Waals surface area contributed by atoms with Crippen molar-refractivity contribution in [2.45, 2.75) is 0 Å². The SMILES string of the molecule is N#Cc1ccc(C(N)=O)c([N+](=O)[O-])c1I. The summed E-state index contributed by atoms with van der Waals surface area (Å²) in [5.41, 5.74) is 4.52.